The molecule has 2 aromatic carbocycles. The van der Waals surface area contributed by atoms with Crippen LogP contribution < -0.4 is 9.47 Å². The van der Waals surface area contributed by atoms with Gasteiger partial charge in [0.2, 0.25) is 0 Å². The third kappa shape index (κ3) is 3.57. The highest BCUT2D eigenvalue weighted by Gasteiger charge is 2.39. The van der Waals surface area contributed by atoms with Crippen molar-refractivity contribution >= 4 is 5.91 Å². The number of carbonyl (C=O) groups is 1. The SMILES string of the molecule is COc1ccc(Cc2cc3c(c(F)c2OC)CN(C2CCCCC2O)C3=O)cc1. The minimum absolute atomic E-state index is 0.179. The molecule has 2 unspecified atom stereocenters. The second-order valence-electron chi connectivity index (χ2n) is 7.79. The molecule has 1 aliphatic carbocycles. The third-order valence-electron chi connectivity index (χ3n) is 6.07. The van der Waals surface area contributed by atoms with Gasteiger partial charge in [0, 0.05) is 23.1 Å². The Bertz CT molecular complexity index is 912. The summed E-state index contributed by atoms with van der Waals surface area (Å²) in [6.45, 7) is 0.181. The lowest BCUT2D eigenvalue weighted by Crippen LogP contribution is -2.45. The maximum atomic E-state index is 15.3. The first-order valence-corrected chi connectivity index (χ1v) is 10.0. The molecule has 1 N–H and O–H groups in total. The third-order valence-corrected chi connectivity index (χ3v) is 6.07. The normalized spacial score (nSPS) is 21.2. The molecule has 2 atom stereocenters. The van der Waals surface area contributed by atoms with E-state index in [-0.39, 0.29) is 24.2 Å². The van der Waals surface area contributed by atoms with Crippen molar-refractivity contribution in [3.05, 3.63) is 58.4 Å². The number of halogens is 1. The smallest absolute Gasteiger partial charge is 0.254 e. The minimum Gasteiger partial charge on any atom is -0.497 e. The molecule has 154 valence electrons. The minimum atomic E-state index is -0.550. The summed E-state index contributed by atoms with van der Waals surface area (Å²) in [5.74, 6) is 0.245. The van der Waals surface area contributed by atoms with Crippen molar-refractivity contribution in [2.45, 2.75) is 50.8 Å². The standard InChI is InChI=1S/C23H26FNO4/c1-28-16-9-7-14(8-10-16)11-15-12-17-18(21(24)22(15)29-2)13-25(23(17)27)19-5-3-4-6-20(19)26/h7-10,12,19-20,26H,3-6,11,13H2,1-2H3. The molecule has 0 radical (unpaired) electrons. The highest BCUT2D eigenvalue weighted by atomic mass is 19.1. The van der Waals surface area contributed by atoms with Crippen molar-refractivity contribution in [1.29, 1.82) is 0 Å². The summed E-state index contributed by atoms with van der Waals surface area (Å²) >= 11 is 0. The molecule has 0 saturated heterocycles. The summed E-state index contributed by atoms with van der Waals surface area (Å²) in [6.07, 6.45) is 3.25. The molecule has 0 spiro atoms. The molecular weight excluding hydrogens is 373 g/mol. The van der Waals surface area contributed by atoms with Crippen LogP contribution in [-0.2, 0) is 13.0 Å². The number of benzene rings is 2. The van der Waals surface area contributed by atoms with E-state index >= 15 is 4.39 Å². The van der Waals surface area contributed by atoms with Crippen LogP contribution >= 0.6 is 0 Å². The topological polar surface area (TPSA) is 59.0 Å². The summed E-state index contributed by atoms with van der Waals surface area (Å²) in [5.41, 5.74) is 2.34. The van der Waals surface area contributed by atoms with Gasteiger partial charge in [0.15, 0.2) is 11.6 Å². The molecule has 1 heterocycles. The van der Waals surface area contributed by atoms with Crippen LogP contribution in [0.2, 0.25) is 0 Å². The molecule has 1 saturated carbocycles. The fraction of sp³-hybridized carbons (Fsp3) is 0.435. The first-order valence-electron chi connectivity index (χ1n) is 10.0. The highest BCUT2D eigenvalue weighted by Crippen LogP contribution is 2.38. The first-order chi connectivity index (χ1) is 14.0. The van der Waals surface area contributed by atoms with Crippen molar-refractivity contribution in [3.63, 3.8) is 0 Å². The number of methoxy groups -OCH3 is 2. The zero-order chi connectivity index (χ0) is 20.5. The summed E-state index contributed by atoms with van der Waals surface area (Å²) < 4.78 is 25.8. The second kappa shape index (κ2) is 8.03. The van der Waals surface area contributed by atoms with E-state index in [1.807, 2.05) is 24.3 Å². The number of rotatable bonds is 5. The Balaban J connectivity index is 1.66. The lowest BCUT2D eigenvalue weighted by Gasteiger charge is -2.35. The maximum Gasteiger partial charge on any atom is 0.254 e. The van der Waals surface area contributed by atoms with Gasteiger partial charge in [-0.15, -0.1) is 0 Å². The van der Waals surface area contributed by atoms with E-state index in [0.717, 1.165) is 30.6 Å². The number of ether oxygens (including phenoxy) is 2. The fourth-order valence-corrected chi connectivity index (χ4v) is 4.50. The molecular formula is C23H26FNO4. The van der Waals surface area contributed by atoms with Crippen molar-refractivity contribution in [1.82, 2.24) is 4.90 Å². The zero-order valence-corrected chi connectivity index (χ0v) is 16.8. The second-order valence-corrected chi connectivity index (χ2v) is 7.79. The molecule has 2 aromatic rings. The molecule has 1 fully saturated rings. The monoisotopic (exact) mass is 399 g/mol. The number of nitrogens with zero attached hydrogens (tertiary/aromatic N) is 1. The number of hydrogen-bond donors (Lipinski definition) is 1. The van der Waals surface area contributed by atoms with Crippen LogP contribution in [0.5, 0.6) is 11.5 Å². The average Bonchev–Trinajstić information content (AvgIpc) is 3.06. The molecule has 2 aliphatic rings. The highest BCUT2D eigenvalue weighted by molar-refractivity contribution is 5.99. The Morgan fingerprint density at radius 1 is 1.14 bits per heavy atom. The predicted molar refractivity (Wildman–Crippen MR) is 107 cm³/mol. The van der Waals surface area contributed by atoms with Gasteiger partial charge in [0.1, 0.15) is 5.75 Å². The van der Waals surface area contributed by atoms with E-state index in [1.54, 1.807) is 18.1 Å². The van der Waals surface area contributed by atoms with Crippen LogP contribution in [0.4, 0.5) is 4.39 Å². The molecule has 6 heteroatoms. The molecule has 5 nitrogen and oxygen atoms in total. The van der Waals surface area contributed by atoms with Crippen LogP contribution in [0.25, 0.3) is 0 Å². The first kappa shape index (κ1) is 19.7. The average molecular weight is 399 g/mol. The molecule has 1 amide bonds. The van der Waals surface area contributed by atoms with Crippen LogP contribution in [-0.4, -0.2) is 42.3 Å². The van der Waals surface area contributed by atoms with E-state index in [2.05, 4.69) is 0 Å². The van der Waals surface area contributed by atoms with Gasteiger partial charge in [-0.05, 0) is 36.6 Å². The molecule has 0 aromatic heterocycles. The van der Waals surface area contributed by atoms with Gasteiger partial charge in [-0.25, -0.2) is 4.39 Å². The van der Waals surface area contributed by atoms with Gasteiger partial charge in [-0.3, -0.25) is 4.79 Å². The molecule has 29 heavy (non-hydrogen) atoms. The molecule has 0 bridgehead atoms. The number of aliphatic hydroxyl groups is 1. The van der Waals surface area contributed by atoms with E-state index < -0.39 is 11.9 Å². The fourth-order valence-electron chi connectivity index (χ4n) is 4.50. The van der Waals surface area contributed by atoms with Gasteiger partial charge in [0.25, 0.3) is 5.91 Å². The van der Waals surface area contributed by atoms with Gasteiger partial charge in [-0.1, -0.05) is 25.0 Å². The molecule has 1 aliphatic heterocycles. The zero-order valence-electron chi connectivity index (χ0n) is 16.8. The van der Waals surface area contributed by atoms with Crippen molar-refractivity contribution in [2.24, 2.45) is 0 Å². The Labute approximate surface area is 170 Å². The number of fused-ring (bicyclic) bond motifs is 1. The number of amides is 1. The summed E-state index contributed by atoms with van der Waals surface area (Å²) in [6, 6.07) is 9.02. The van der Waals surface area contributed by atoms with Gasteiger partial charge < -0.3 is 19.5 Å². The van der Waals surface area contributed by atoms with E-state index in [9.17, 15) is 9.90 Å². The van der Waals surface area contributed by atoms with Crippen molar-refractivity contribution in [2.75, 3.05) is 14.2 Å². The van der Waals surface area contributed by atoms with E-state index in [1.165, 1.54) is 7.11 Å². The largest absolute Gasteiger partial charge is 0.497 e. The van der Waals surface area contributed by atoms with Gasteiger partial charge in [-0.2, -0.15) is 0 Å². The van der Waals surface area contributed by atoms with Crippen molar-refractivity contribution < 1.29 is 23.8 Å². The Hall–Kier alpha value is -2.60. The van der Waals surface area contributed by atoms with Crippen LogP contribution in [0.1, 0.15) is 52.7 Å². The quantitative estimate of drug-likeness (QED) is 0.833. The lowest BCUT2D eigenvalue weighted by molar-refractivity contribution is 0.0189. The van der Waals surface area contributed by atoms with Crippen LogP contribution in [0, 0.1) is 5.82 Å². The van der Waals surface area contributed by atoms with Gasteiger partial charge in [0.05, 0.1) is 32.9 Å². The van der Waals surface area contributed by atoms with Crippen molar-refractivity contribution in [3.8, 4) is 11.5 Å². The number of carbonyl (C=O) groups excluding carboxylic acids is 1. The van der Waals surface area contributed by atoms with E-state index in [0.29, 0.717) is 29.5 Å². The lowest BCUT2D eigenvalue weighted by atomic mass is 9.91. The van der Waals surface area contributed by atoms with Crippen LogP contribution in [0.15, 0.2) is 30.3 Å². The van der Waals surface area contributed by atoms with Crippen LogP contribution in [0.3, 0.4) is 0 Å². The summed E-state index contributed by atoms with van der Waals surface area (Å²) in [4.78, 5) is 14.7. The number of aliphatic hydroxyl groups excluding tert-OH is 1. The maximum absolute atomic E-state index is 15.3. The Kier molecular flexibility index (Phi) is 5.46. The number of hydrogen-bond acceptors (Lipinski definition) is 4. The predicted octanol–water partition coefficient (Wildman–Crippen LogP) is 3.69. The van der Waals surface area contributed by atoms with E-state index in [4.69, 9.17) is 9.47 Å². The summed E-state index contributed by atoms with van der Waals surface area (Å²) in [7, 11) is 3.05. The summed E-state index contributed by atoms with van der Waals surface area (Å²) in [5, 5.41) is 10.4. The van der Waals surface area contributed by atoms with Gasteiger partial charge >= 0.3 is 0 Å². The Morgan fingerprint density at radius 3 is 2.52 bits per heavy atom. The molecule has 4 rings (SSSR count). The Morgan fingerprint density at radius 2 is 1.86 bits per heavy atom.